The summed E-state index contributed by atoms with van der Waals surface area (Å²) in [5, 5.41) is 17.6. The summed E-state index contributed by atoms with van der Waals surface area (Å²) in [5.41, 5.74) is -0.363. The highest BCUT2D eigenvalue weighted by Gasteiger charge is 2.24. The maximum absolute atomic E-state index is 12.1. The first-order valence-electron chi connectivity index (χ1n) is 5.46. The van der Waals surface area contributed by atoms with Gasteiger partial charge in [-0.3, -0.25) is 4.79 Å². The molecule has 0 radical (unpaired) electrons. The van der Waals surface area contributed by atoms with Crippen LogP contribution in [0, 0.1) is 17.2 Å². The third-order valence-electron chi connectivity index (χ3n) is 2.44. The van der Waals surface area contributed by atoms with Gasteiger partial charge in [-0.1, -0.05) is 0 Å². The van der Waals surface area contributed by atoms with Crippen LogP contribution in [0.15, 0.2) is 6.33 Å². The Labute approximate surface area is 104 Å². The van der Waals surface area contributed by atoms with Crippen LogP contribution in [0.2, 0.25) is 0 Å². The van der Waals surface area contributed by atoms with Gasteiger partial charge in [-0.2, -0.15) is 5.26 Å². The Bertz CT molecular complexity index is 489. The predicted octanol–water partition coefficient (Wildman–Crippen LogP) is 0.730. The van der Waals surface area contributed by atoms with Gasteiger partial charge in [0.25, 0.3) is 5.91 Å². The average Bonchev–Trinajstić information content (AvgIpc) is 2.83. The maximum atomic E-state index is 12.1. The van der Waals surface area contributed by atoms with E-state index in [1.54, 1.807) is 13.8 Å². The van der Waals surface area contributed by atoms with Gasteiger partial charge in [-0.25, -0.2) is 9.78 Å². The molecular formula is C11H14N4O3. The molecule has 0 aliphatic rings. The van der Waals surface area contributed by atoms with Crippen molar-refractivity contribution in [1.29, 1.82) is 5.26 Å². The lowest BCUT2D eigenvalue weighted by molar-refractivity contribution is 0.0667. The van der Waals surface area contributed by atoms with Crippen LogP contribution in [0.3, 0.4) is 0 Å². The number of amides is 1. The summed E-state index contributed by atoms with van der Waals surface area (Å²) in [6.07, 6.45) is 1.16. The van der Waals surface area contributed by atoms with E-state index >= 15 is 0 Å². The fourth-order valence-corrected chi connectivity index (χ4v) is 1.50. The van der Waals surface area contributed by atoms with Crippen molar-refractivity contribution in [1.82, 2.24) is 14.9 Å². The molecule has 18 heavy (non-hydrogen) atoms. The smallest absolute Gasteiger partial charge is 0.354 e. The second kappa shape index (κ2) is 5.82. The van der Waals surface area contributed by atoms with Crippen LogP contribution < -0.4 is 0 Å². The van der Waals surface area contributed by atoms with Crippen LogP contribution in [0.25, 0.3) is 0 Å². The van der Waals surface area contributed by atoms with Gasteiger partial charge in [0.15, 0.2) is 11.4 Å². The molecule has 0 aliphatic carbocycles. The van der Waals surface area contributed by atoms with Gasteiger partial charge >= 0.3 is 5.97 Å². The number of carbonyl (C=O) groups excluding carboxylic acids is 1. The third kappa shape index (κ3) is 2.85. The van der Waals surface area contributed by atoms with Crippen LogP contribution in [-0.2, 0) is 0 Å². The molecule has 1 heterocycles. The lowest BCUT2D eigenvalue weighted by atomic mass is 10.2. The van der Waals surface area contributed by atoms with E-state index in [4.69, 9.17) is 10.4 Å². The number of aromatic carboxylic acids is 1. The standard InChI is InChI=1S/C11H14N4O3/c1-3-15(5-7(2)4-12)10(16)8-9(11(17)18)14-6-13-8/h6-7H,3,5H2,1-2H3,(H,13,14)(H,17,18). The number of rotatable bonds is 5. The minimum Gasteiger partial charge on any atom is -0.477 e. The van der Waals surface area contributed by atoms with Crippen molar-refractivity contribution in [3.05, 3.63) is 17.7 Å². The molecule has 1 amide bonds. The van der Waals surface area contributed by atoms with Crippen LogP contribution >= 0.6 is 0 Å². The highest BCUT2D eigenvalue weighted by atomic mass is 16.4. The molecule has 0 spiro atoms. The lowest BCUT2D eigenvalue weighted by Gasteiger charge is -2.21. The van der Waals surface area contributed by atoms with Gasteiger partial charge < -0.3 is 15.0 Å². The Hall–Kier alpha value is -2.36. The zero-order valence-corrected chi connectivity index (χ0v) is 10.2. The summed E-state index contributed by atoms with van der Waals surface area (Å²) in [5.74, 6) is -2.04. The normalized spacial score (nSPS) is 11.6. The first kappa shape index (κ1) is 13.7. The van der Waals surface area contributed by atoms with Crippen LogP contribution in [0.4, 0.5) is 0 Å². The second-order valence-corrected chi connectivity index (χ2v) is 3.81. The Kier molecular flexibility index (Phi) is 4.43. The number of hydrogen-bond acceptors (Lipinski definition) is 4. The fraction of sp³-hybridized carbons (Fsp3) is 0.455. The SMILES string of the molecule is CCN(CC(C)C#N)C(=O)c1nc[nH]c1C(=O)O. The van der Waals surface area contributed by atoms with Crippen molar-refractivity contribution in [2.24, 2.45) is 5.92 Å². The van der Waals surface area contributed by atoms with Gasteiger partial charge in [0.05, 0.1) is 18.3 Å². The largest absolute Gasteiger partial charge is 0.477 e. The minimum absolute atomic E-state index is 0.130. The van der Waals surface area contributed by atoms with Crippen molar-refractivity contribution < 1.29 is 14.7 Å². The average molecular weight is 250 g/mol. The van der Waals surface area contributed by atoms with Gasteiger partial charge in [0, 0.05) is 13.1 Å². The second-order valence-electron chi connectivity index (χ2n) is 3.81. The molecular weight excluding hydrogens is 236 g/mol. The number of carboxylic acid groups (broad SMARTS) is 1. The predicted molar refractivity (Wildman–Crippen MR) is 61.9 cm³/mol. The van der Waals surface area contributed by atoms with Crippen LogP contribution in [-0.4, -0.2) is 44.9 Å². The molecule has 1 unspecified atom stereocenters. The number of carboxylic acids is 1. The Balaban J connectivity index is 2.94. The van der Waals surface area contributed by atoms with Gasteiger partial charge in [-0.15, -0.1) is 0 Å². The van der Waals surface area contributed by atoms with E-state index < -0.39 is 11.9 Å². The van der Waals surface area contributed by atoms with E-state index in [0.717, 1.165) is 6.33 Å². The van der Waals surface area contributed by atoms with Crippen molar-refractivity contribution in [3.8, 4) is 6.07 Å². The number of hydrogen-bond donors (Lipinski definition) is 2. The molecule has 0 fully saturated rings. The molecule has 0 aromatic carbocycles. The van der Waals surface area contributed by atoms with Crippen molar-refractivity contribution in [2.45, 2.75) is 13.8 Å². The number of H-pyrrole nitrogens is 1. The molecule has 7 nitrogen and oxygen atoms in total. The number of carbonyl (C=O) groups is 2. The molecule has 0 bridgehead atoms. The number of imidazole rings is 1. The summed E-state index contributed by atoms with van der Waals surface area (Å²) in [7, 11) is 0. The summed E-state index contributed by atoms with van der Waals surface area (Å²) in [4.78, 5) is 30.5. The monoisotopic (exact) mass is 250 g/mol. The van der Waals surface area contributed by atoms with Crippen LogP contribution in [0.5, 0.6) is 0 Å². The Morgan fingerprint density at radius 3 is 2.83 bits per heavy atom. The summed E-state index contributed by atoms with van der Waals surface area (Å²) in [6.45, 7) is 4.09. The number of nitrogens with zero attached hydrogens (tertiary/aromatic N) is 3. The number of aromatic nitrogens is 2. The van der Waals surface area contributed by atoms with Gasteiger partial charge in [0.2, 0.25) is 0 Å². The molecule has 0 saturated carbocycles. The number of aromatic amines is 1. The molecule has 96 valence electrons. The molecule has 1 atom stereocenters. The quantitative estimate of drug-likeness (QED) is 0.800. The number of nitriles is 1. The van der Waals surface area contributed by atoms with Crippen molar-refractivity contribution >= 4 is 11.9 Å². The van der Waals surface area contributed by atoms with Crippen molar-refractivity contribution in [3.63, 3.8) is 0 Å². The molecule has 0 aliphatic heterocycles. The van der Waals surface area contributed by atoms with E-state index in [-0.39, 0.29) is 23.9 Å². The number of nitrogens with one attached hydrogen (secondary N) is 1. The Morgan fingerprint density at radius 2 is 2.33 bits per heavy atom. The molecule has 1 aromatic rings. The summed E-state index contributed by atoms with van der Waals surface area (Å²) >= 11 is 0. The van der Waals surface area contributed by atoms with Gasteiger partial charge in [0.1, 0.15) is 0 Å². The Morgan fingerprint density at radius 1 is 1.67 bits per heavy atom. The molecule has 1 aromatic heterocycles. The molecule has 1 rings (SSSR count). The first-order chi connectivity index (χ1) is 8.51. The highest BCUT2D eigenvalue weighted by molar-refractivity contribution is 6.02. The highest BCUT2D eigenvalue weighted by Crippen LogP contribution is 2.09. The zero-order chi connectivity index (χ0) is 13.7. The van der Waals surface area contributed by atoms with E-state index in [1.807, 2.05) is 6.07 Å². The molecule has 2 N–H and O–H groups in total. The minimum atomic E-state index is -1.24. The van der Waals surface area contributed by atoms with Gasteiger partial charge in [-0.05, 0) is 13.8 Å². The lowest BCUT2D eigenvalue weighted by Crippen LogP contribution is -2.35. The van der Waals surface area contributed by atoms with Crippen molar-refractivity contribution in [2.75, 3.05) is 13.1 Å². The maximum Gasteiger partial charge on any atom is 0.354 e. The van der Waals surface area contributed by atoms with E-state index in [9.17, 15) is 9.59 Å². The van der Waals surface area contributed by atoms with E-state index in [0.29, 0.717) is 6.54 Å². The summed E-state index contributed by atoms with van der Waals surface area (Å²) in [6, 6.07) is 2.03. The summed E-state index contributed by atoms with van der Waals surface area (Å²) < 4.78 is 0. The van der Waals surface area contributed by atoms with E-state index in [1.165, 1.54) is 4.90 Å². The first-order valence-corrected chi connectivity index (χ1v) is 5.46. The fourth-order valence-electron chi connectivity index (χ4n) is 1.50. The topological polar surface area (TPSA) is 110 Å². The molecule has 0 saturated heterocycles. The van der Waals surface area contributed by atoms with Crippen LogP contribution in [0.1, 0.15) is 34.8 Å². The van der Waals surface area contributed by atoms with E-state index in [2.05, 4.69) is 9.97 Å². The third-order valence-corrected chi connectivity index (χ3v) is 2.44. The molecule has 7 heteroatoms. The zero-order valence-electron chi connectivity index (χ0n) is 10.2.